The van der Waals surface area contributed by atoms with Crippen LogP contribution in [-0.4, -0.2) is 46.5 Å². The molecule has 0 aliphatic heterocycles. The topological polar surface area (TPSA) is 23.5 Å². The zero-order valence-corrected chi connectivity index (χ0v) is 10.1. The minimum absolute atomic E-state index is 0.00736. The van der Waals surface area contributed by atoms with E-state index in [4.69, 9.17) is 0 Å². The molecule has 0 saturated heterocycles. The molecule has 0 spiro atoms. The molecule has 0 aromatic carbocycles. The molecule has 1 N–H and O–H groups in total. The fourth-order valence-electron chi connectivity index (χ4n) is 1.19. The van der Waals surface area contributed by atoms with Gasteiger partial charge in [0.25, 0.3) is 0 Å². The van der Waals surface area contributed by atoms with Crippen molar-refractivity contribution in [2.75, 3.05) is 25.4 Å². The fraction of sp³-hybridized carbons (Fsp3) is 1.00. The van der Waals surface area contributed by atoms with Gasteiger partial charge in [-0.25, -0.2) is 0 Å². The van der Waals surface area contributed by atoms with Crippen molar-refractivity contribution in [1.82, 2.24) is 4.90 Å². The highest BCUT2D eigenvalue weighted by atomic mass is 32.2. The molecule has 0 aliphatic carbocycles. The van der Waals surface area contributed by atoms with Crippen molar-refractivity contribution in [1.29, 1.82) is 0 Å². The molecule has 2 nitrogen and oxygen atoms in total. The highest BCUT2D eigenvalue weighted by molar-refractivity contribution is 8.00. The normalized spacial score (nSPS) is 13.6. The number of nitrogens with zero attached hydrogens (tertiary/aromatic N) is 1. The van der Waals surface area contributed by atoms with Gasteiger partial charge in [0.1, 0.15) is 0 Å². The van der Waals surface area contributed by atoms with E-state index >= 15 is 0 Å². The first-order chi connectivity index (χ1) is 6.64. The second-order valence-electron chi connectivity index (χ2n) is 3.98. The van der Waals surface area contributed by atoms with E-state index < -0.39 is 11.1 Å². The van der Waals surface area contributed by atoms with Gasteiger partial charge < -0.3 is 5.11 Å². The number of hydrogen-bond acceptors (Lipinski definition) is 3. The van der Waals surface area contributed by atoms with Crippen molar-refractivity contribution < 1.29 is 18.3 Å². The Morgan fingerprint density at radius 1 is 1.27 bits per heavy atom. The van der Waals surface area contributed by atoms with Crippen molar-refractivity contribution in [3.63, 3.8) is 0 Å². The molecule has 0 bridgehead atoms. The third-order valence-electron chi connectivity index (χ3n) is 1.73. The Labute approximate surface area is 92.8 Å². The van der Waals surface area contributed by atoms with Gasteiger partial charge in [-0.1, -0.05) is 6.92 Å². The largest absolute Gasteiger partial charge is 0.441 e. The van der Waals surface area contributed by atoms with Crippen LogP contribution in [0.25, 0.3) is 0 Å². The third kappa shape index (κ3) is 10.3. The Balaban J connectivity index is 3.82. The van der Waals surface area contributed by atoms with Crippen LogP contribution >= 0.6 is 11.8 Å². The summed E-state index contributed by atoms with van der Waals surface area (Å²) in [6, 6.07) is 0. The molecule has 6 heteroatoms. The van der Waals surface area contributed by atoms with Crippen LogP contribution in [0.3, 0.4) is 0 Å². The zero-order chi connectivity index (χ0) is 12.1. The second-order valence-corrected chi connectivity index (χ2v) is 5.14. The van der Waals surface area contributed by atoms with E-state index in [1.54, 1.807) is 18.7 Å². The smallest absolute Gasteiger partial charge is 0.389 e. The maximum atomic E-state index is 11.8. The van der Waals surface area contributed by atoms with Crippen LogP contribution in [0.4, 0.5) is 13.2 Å². The Bertz CT molecular complexity index is 179. The lowest BCUT2D eigenvalue weighted by atomic mass is 10.1. The van der Waals surface area contributed by atoms with Gasteiger partial charge in [0.15, 0.2) is 0 Å². The Kier molecular flexibility index (Phi) is 5.98. The third-order valence-corrected chi connectivity index (χ3v) is 2.45. The van der Waals surface area contributed by atoms with Crippen LogP contribution in [0, 0.1) is 0 Å². The fourth-order valence-corrected chi connectivity index (χ4v) is 1.77. The summed E-state index contributed by atoms with van der Waals surface area (Å²) in [7, 11) is 0. The van der Waals surface area contributed by atoms with Crippen molar-refractivity contribution >= 4 is 11.8 Å². The van der Waals surface area contributed by atoms with Crippen molar-refractivity contribution in [2.24, 2.45) is 0 Å². The van der Waals surface area contributed by atoms with Gasteiger partial charge in [-0.3, -0.25) is 4.90 Å². The molecule has 0 unspecified atom stereocenters. The van der Waals surface area contributed by atoms with Crippen molar-refractivity contribution in [3.8, 4) is 0 Å². The minimum Gasteiger partial charge on any atom is -0.389 e. The van der Waals surface area contributed by atoms with Gasteiger partial charge in [-0.05, 0) is 32.2 Å². The minimum atomic E-state index is -4.16. The molecule has 0 radical (unpaired) electrons. The van der Waals surface area contributed by atoms with Gasteiger partial charge in [-0.2, -0.15) is 13.2 Å². The lowest BCUT2D eigenvalue weighted by molar-refractivity contribution is -0.0329. The molecule has 0 rings (SSSR count). The number of halogens is 3. The van der Waals surface area contributed by atoms with Gasteiger partial charge in [0.05, 0.1) is 5.60 Å². The van der Waals surface area contributed by atoms with Gasteiger partial charge in [0.2, 0.25) is 0 Å². The van der Waals surface area contributed by atoms with Crippen molar-refractivity contribution in [2.45, 2.75) is 31.9 Å². The molecular weight excluding hydrogens is 227 g/mol. The van der Waals surface area contributed by atoms with E-state index in [2.05, 4.69) is 0 Å². The highest BCUT2D eigenvalue weighted by Gasteiger charge is 2.28. The predicted molar refractivity (Wildman–Crippen MR) is 56.9 cm³/mol. The summed E-state index contributed by atoms with van der Waals surface area (Å²) in [6.45, 7) is 6.53. The maximum Gasteiger partial charge on any atom is 0.441 e. The standard InChI is InChI=1S/C9H18F3NOS/c1-4-13(7-8(2,3)14)5-6-15-9(10,11)12/h14H,4-7H2,1-3H3. The van der Waals surface area contributed by atoms with E-state index in [9.17, 15) is 18.3 Å². The number of alkyl halides is 3. The molecular formula is C9H18F3NOS. The predicted octanol–water partition coefficient (Wildman–Crippen LogP) is 2.33. The number of likely N-dealkylation sites (N-methyl/N-ethyl adjacent to an activating group) is 1. The van der Waals surface area contributed by atoms with E-state index in [0.29, 0.717) is 19.6 Å². The summed E-state index contributed by atoms with van der Waals surface area (Å²) < 4.78 is 35.5. The summed E-state index contributed by atoms with van der Waals surface area (Å²) in [4.78, 5) is 1.80. The molecule has 0 aliphatic rings. The number of hydrogen-bond donors (Lipinski definition) is 1. The average Bonchev–Trinajstić information content (AvgIpc) is 1.97. The Morgan fingerprint density at radius 3 is 2.13 bits per heavy atom. The van der Waals surface area contributed by atoms with Gasteiger partial charge in [0, 0.05) is 18.8 Å². The Morgan fingerprint density at radius 2 is 1.80 bits per heavy atom. The van der Waals surface area contributed by atoms with Crippen LogP contribution in [0.5, 0.6) is 0 Å². The van der Waals surface area contributed by atoms with Gasteiger partial charge >= 0.3 is 5.51 Å². The first kappa shape index (κ1) is 15.1. The van der Waals surface area contributed by atoms with Crippen LogP contribution in [0.1, 0.15) is 20.8 Å². The number of rotatable bonds is 6. The summed E-state index contributed by atoms with van der Waals surface area (Å²) >= 11 is -0.0200. The second kappa shape index (κ2) is 5.96. The van der Waals surface area contributed by atoms with E-state index in [1.807, 2.05) is 6.92 Å². The molecule has 15 heavy (non-hydrogen) atoms. The summed E-state index contributed by atoms with van der Waals surface area (Å²) in [5.74, 6) is 0.00736. The van der Waals surface area contributed by atoms with Crippen LogP contribution in [0.15, 0.2) is 0 Å². The lowest BCUT2D eigenvalue weighted by Crippen LogP contribution is -2.39. The average molecular weight is 245 g/mol. The van der Waals surface area contributed by atoms with Crippen LogP contribution < -0.4 is 0 Å². The van der Waals surface area contributed by atoms with E-state index in [0.717, 1.165) is 0 Å². The molecule has 0 amide bonds. The lowest BCUT2D eigenvalue weighted by Gasteiger charge is -2.27. The molecule has 0 aromatic rings. The quantitative estimate of drug-likeness (QED) is 0.777. The monoisotopic (exact) mass is 245 g/mol. The number of aliphatic hydroxyl groups is 1. The molecule has 0 atom stereocenters. The summed E-state index contributed by atoms with van der Waals surface area (Å²) in [5.41, 5.74) is -5.02. The first-order valence-electron chi connectivity index (χ1n) is 4.79. The zero-order valence-electron chi connectivity index (χ0n) is 9.26. The molecule has 0 fully saturated rings. The molecule has 0 aromatic heterocycles. The summed E-state index contributed by atoms with van der Waals surface area (Å²) in [5, 5.41) is 9.51. The van der Waals surface area contributed by atoms with Crippen molar-refractivity contribution in [3.05, 3.63) is 0 Å². The summed E-state index contributed by atoms with van der Waals surface area (Å²) in [6.07, 6.45) is 0. The van der Waals surface area contributed by atoms with Crippen LogP contribution in [-0.2, 0) is 0 Å². The SMILES string of the molecule is CCN(CCSC(F)(F)F)CC(C)(C)O. The Hall–Kier alpha value is 0.0600. The molecule has 0 saturated carbocycles. The number of thioether (sulfide) groups is 1. The maximum absolute atomic E-state index is 11.8. The first-order valence-corrected chi connectivity index (χ1v) is 5.78. The van der Waals surface area contributed by atoms with Crippen LogP contribution in [0.2, 0.25) is 0 Å². The van der Waals surface area contributed by atoms with E-state index in [-0.39, 0.29) is 17.5 Å². The van der Waals surface area contributed by atoms with Gasteiger partial charge in [-0.15, -0.1) is 0 Å². The highest BCUT2D eigenvalue weighted by Crippen LogP contribution is 2.29. The molecule has 0 heterocycles. The van der Waals surface area contributed by atoms with E-state index in [1.165, 1.54) is 0 Å². The molecule has 92 valence electrons.